The summed E-state index contributed by atoms with van der Waals surface area (Å²) in [5.74, 6) is 0. The van der Waals surface area contributed by atoms with Crippen LogP contribution in [0.1, 0.15) is 26.2 Å². The fourth-order valence-corrected chi connectivity index (χ4v) is 0.591. The van der Waals surface area contributed by atoms with Crippen LogP contribution >= 0.6 is 0 Å². The van der Waals surface area contributed by atoms with Gasteiger partial charge in [-0.25, -0.2) is 0 Å². The summed E-state index contributed by atoms with van der Waals surface area (Å²) in [5, 5.41) is -0.592. The molecular formula is C6H11KO2S. The maximum absolute atomic E-state index is 10.00. The first-order chi connectivity index (χ1) is 4.27. The van der Waals surface area contributed by atoms with E-state index in [2.05, 4.69) is 24.3 Å². The van der Waals surface area contributed by atoms with Crippen molar-refractivity contribution in [2.24, 2.45) is 0 Å². The van der Waals surface area contributed by atoms with Crippen LogP contribution in [-0.4, -0.2) is 11.9 Å². The van der Waals surface area contributed by atoms with Crippen molar-refractivity contribution in [1.29, 1.82) is 0 Å². The van der Waals surface area contributed by atoms with Crippen molar-refractivity contribution >= 4 is 17.9 Å². The average Bonchev–Trinajstić information content (AvgIpc) is 1.80. The molecule has 54 valence electrons. The molecule has 0 unspecified atom stereocenters. The quantitative estimate of drug-likeness (QED) is 0.240. The fourth-order valence-electron chi connectivity index (χ4n) is 0.508. The van der Waals surface area contributed by atoms with Crippen molar-refractivity contribution < 1.29 is 60.9 Å². The zero-order chi connectivity index (χ0) is 7.11. The van der Waals surface area contributed by atoms with E-state index in [4.69, 9.17) is 0 Å². The van der Waals surface area contributed by atoms with Gasteiger partial charge in [-0.2, -0.15) is 0 Å². The maximum Gasteiger partial charge on any atom is 1.00 e. The minimum absolute atomic E-state index is 0. The van der Waals surface area contributed by atoms with Crippen LogP contribution in [0, 0.1) is 0 Å². The molecule has 0 spiro atoms. The summed E-state index contributed by atoms with van der Waals surface area (Å²) in [7, 11) is 0. The molecule has 0 N–H and O–H groups in total. The topological polar surface area (TPSA) is 26.3 Å². The molecule has 0 aromatic carbocycles. The SMILES string of the molecule is CCCCCOC(=O)[S-].[K+]. The molecule has 0 aliphatic heterocycles. The van der Waals surface area contributed by atoms with Crippen LogP contribution in [0.3, 0.4) is 0 Å². The molecule has 0 radical (unpaired) electrons. The van der Waals surface area contributed by atoms with Crippen molar-refractivity contribution in [3.8, 4) is 0 Å². The van der Waals surface area contributed by atoms with Crippen LogP contribution < -0.4 is 51.4 Å². The summed E-state index contributed by atoms with van der Waals surface area (Å²) in [5.41, 5.74) is 0. The van der Waals surface area contributed by atoms with Crippen LogP contribution in [0.4, 0.5) is 4.79 Å². The first kappa shape index (κ1) is 13.9. The third-order valence-electron chi connectivity index (χ3n) is 0.968. The number of hydrogen-bond donors (Lipinski definition) is 0. The van der Waals surface area contributed by atoms with Crippen molar-refractivity contribution in [2.45, 2.75) is 26.2 Å². The Morgan fingerprint density at radius 3 is 2.50 bits per heavy atom. The molecule has 4 heteroatoms. The van der Waals surface area contributed by atoms with E-state index in [0.717, 1.165) is 19.3 Å². The Morgan fingerprint density at radius 2 is 2.10 bits per heavy atom. The molecule has 0 amide bonds. The first-order valence-corrected chi connectivity index (χ1v) is 3.52. The second-order valence-corrected chi connectivity index (χ2v) is 2.14. The normalized spacial score (nSPS) is 8.10. The second kappa shape index (κ2) is 10.3. The molecule has 0 aliphatic carbocycles. The van der Waals surface area contributed by atoms with Gasteiger partial charge in [-0.1, -0.05) is 19.8 Å². The predicted molar refractivity (Wildman–Crippen MR) is 38.2 cm³/mol. The van der Waals surface area contributed by atoms with Gasteiger partial charge >= 0.3 is 51.4 Å². The molecule has 0 saturated heterocycles. The third-order valence-corrected chi connectivity index (χ3v) is 1.09. The zero-order valence-electron chi connectivity index (χ0n) is 6.55. The van der Waals surface area contributed by atoms with Crippen LogP contribution in [0.25, 0.3) is 0 Å². The van der Waals surface area contributed by atoms with E-state index in [-0.39, 0.29) is 51.4 Å². The Morgan fingerprint density at radius 1 is 1.50 bits per heavy atom. The van der Waals surface area contributed by atoms with Gasteiger partial charge in [-0.3, -0.25) is 4.79 Å². The Kier molecular flexibility index (Phi) is 14.3. The monoisotopic (exact) mass is 186 g/mol. The Hall–Kier alpha value is 1.33. The fraction of sp³-hybridized carbons (Fsp3) is 0.833. The number of unbranched alkanes of at least 4 members (excludes halogenated alkanes) is 2. The van der Waals surface area contributed by atoms with Gasteiger partial charge in [0, 0.05) is 0 Å². The van der Waals surface area contributed by atoms with Gasteiger partial charge in [0.05, 0.1) is 6.61 Å². The summed E-state index contributed by atoms with van der Waals surface area (Å²) < 4.78 is 4.52. The van der Waals surface area contributed by atoms with Crippen molar-refractivity contribution in [3.63, 3.8) is 0 Å². The van der Waals surface area contributed by atoms with Crippen LogP contribution in [0.2, 0.25) is 0 Å². The summed E-state index contributed by atoms with van der Waals surface area (Å²) in [6, 6.07) is 0. The molecule has 0 fully saturated rings. The van der Waals surface area contributed by atoms with Gasteiger partial charge < -0.3 is 17.4 Å². The number of carbonyl (C=O) groups excluding carboxylic acids is 1. The van der Waals surface area contributed by atoms with E-state index in [1.165, 1.54) is 0 Å². The summed E-state index contributed by atoms with van der Waals surface area (Å²) in [4.78, 5) is 10.00. The van der Waals surface area contributed by atoms with E-state index in [1.54, 1.807) is 0 Å². The molecule has 0 heterocycles. The van der Waals surface area contributed by atoms with Gasteiger partial charge in [-0.05, 0) is 6.42 Å². The molecule has 0 atom stereocenters. The molecule has 2 nitrogen and oxygen atoms in total. The van der Waals surface area contributed by atoms with E-state index in [9.17, 15) is 4.79 Å². The molecule has 10 heavy (non-hydrogen) atoms. The first-order valence-electron chi connectivity index (χ1n) is 3.11. The second-order valence-electron chi connectivity index (χ2n) is 1.81. The summed E-state index contributed by atoms with van der Waals surface area (Å²) in [6.45, 7) is 2.58. The third kappa shape index (κ3) is 12.0. The van der Waals surface area contributed by atoms with Gasteiger partial charge in [0.2, 0.25) is 0 Å². The van der Waals surface area contributed by atoms with Gasteiger partial charge in [0.15, 0.2) is 5.30 Å². The number of ether oxygens (including phenoxy) is 1. The van der Waals surface area contributed by atoms with E-state index >= 15 is 0 Å². The molecule has 0 saturated carbocycles. The number of hydrogen-bond acceptors (Lipinski definition) is 3. The van der Waals surface area contributed by atoms with Crippen LogP contribution in [0.15, 0.2) is 0 Å². The van der Waals surface area contributed by atoms with Crippen LogP contribution in [0.5, 0.6) is 0 Å². The largest absolute Gasteiger partial charge is 1.00 e. The standard InChI is InChI=1S/C6H12O2S.K/c1-2-3-4-5-8-6(7)9;/h2-5H2,1H3,(H,7,9);/q;+1/p-1. The predicted octanol–water partition coefficient (Wildman–Crippen LogP) is -1.14. The van der Waals surface area contributed by atoms with Gasteiger partial charge in [-0.15, -0.1) is 0 Å². The molecule has 0 aromatic rings. The van der Waals surface area contributed by atoms with Crippen LogP contribution in [-0.2, 0) is 17.4 Å². The number of carbonyl (C=O) groups is 1. The summed E-state index contributed by atoms with van der Waals surface area (Å²) >= 11 is 4.17. The average molecular weight is 186 g/mol. The van der Waals surface area contributed by atoms with E-state index < -0.39 is 5.30 Å². The molecule has 0 aliphatic rings. The van der Waals surface area contributed by atoms with Crippen molar-refractivity contribution in [1.82, 2.24) is 0 Å². The minimum Gasteiger partial charge on any atom is -0.698 e. The number of rotatable bonds is 4. The Balaban J connectivity index is 0. The van der Waals surface area contributed by atoms with Gasteiger partial charge in [0.1, 0.15) is 0 Å². The molecule has 0 bridgehead atoms. The van der Waals surface area contributed by atoms with Crippen molar-refractivity contribution in [3.05, 3.63) is 0 Å². The molecule has 0 rings (SSSR count). The van der Waals surface area contributed by atoms with Gasteiger partial charge in [0.25, 0.3) is 0 Å². The smallest absolute Gasteiger partial charge is 0.698 e. The Labute approximate surface area is 110 Å². The Bertz CT molecular complexity index is 87.8. The van der Waals surface area contributed by atoms with E-state index in [0.29, 0.717) is 6.61 Å². The maximum atomic E-state index is 10.00. The molecular weight excluding hydrogens is 175 g/mol. The zero-order valence-corrected chi connectivity index (χ0v) is 10.5. The minimum atomic E-state index is -0.592. The van der Waals surface area contributed by atoms with E-state index in [1.807, 2.05) is 0 Å². The van der Waals surface area contributed by atoms with Crippen molar-refractivity contribution in [2.75, 3.05) is 6.61 Å². The summed E-state index contributed by atoms with van der Waals surface area (Å²) in [6.07, 6.45) is 3.16. The molecule has 0 aromatic heterocycles.